The van der Waals surface area contributed by atoms with E-state index in [1.807, 2.05) is 11.6 Å². The van der Waals surface area contributed by atoms with Crippen LogP contribution in [0.4, 0.5) is 10.5 Å². The van der Waals surface area contributed by atoms with E-state index in [0.29, 0.717) is 15.6 Å². The van der Waals surface area contributed by atoms with Crippen LogP contribution in [0, 0.1) is 6.92 Å². The van der Waals surface area contributed by atoms with E-state index in [1.165, 1.54) is 36.4 Å². The number of hydrogen-bond acceptors (Lipinski definition) is 4. The van der Waals surface area contributed by atoms with Crippen LogP contribution in [0.25, 0.3) is 6.08 Å². The predicted octanol–water partition coefficient (Wildman–Crippen LogP) is 5.71. The lowest BCUT2D eigenvalue weighted by Gasteiger charge is -2.11. The molecule has 9 heteroatoms. The Hall–Kier alpha value is -3.13. The Bertz CT molecular complexity index is 1300. The molecule has 0 aliphatic heterocycles. The molecule has 0 aromatic heterocycles. The first kappa shape index (κ1) is 23.5. The van der Waals surface area contributed by atoms with E-state index in [-0.39, 0.29) is 16.1 Å². The molecule has 3 aromatic rings. The smallest absolute Gasteiger partial charge is 0.306 e. The van der Waals surface area contributed by atoms with E-state index in [1.54, 1.807) is 42.5 Å². The van der Waals surface area contributed by atoms with Gasteiger partial charge in [-0.3, -0.25) is 4.79 Å². The van der Waals surface area contributed by atoms with Gasteiger partial charge >= 0.3 is 6.03 Å². The third-order valence-corrected chi connectivity index (χ3v) is 6.29. The maximum absolute atomic E-state index is 12.7. The summed E-state index contributed by atoms with van der Waals surface area (Å²) in [7, 11) is -4.07. The molecule has 6 nitrogen and oxygen atoms in total. The third-order valence-electron chi connectivity index (χ3n) is 4.38. The molecule has 3 aromatic carbocycles. The monoisotopic (exact) mass is 488 g/mol. The Morgan fingerprint density at radius 2 is 1.62 bits per heavy atom. The van der Waals surface area contributed by atoms with E-state index < -0.39 is 21.8 Å². The number of benzene rings is 3. The molecule has 0 radical (unpaired) electrons. The maximum Gasteiger partial charge on any atom is 0.333 e. The van der Waals surface area contributed by atoms with E-state index in [2.05, 4.69) is 5.32 Å². The SMILES string of the molecule is Cc1ccc(S(=O)(=O)NC(=O)Nc2ccccc2C(=O)/C=C/c2ccc(Cl)cc2Cl)cc1. The lowest BCUT2D eigenvalue weighted by Crippen LogP contribution is -2.34. The molecular weight excluding hydrogens is 471 g/mol. The van der Waals surface area contributed by atoms with Crippen molar-refractivity contribution in [1.82, 2.24) is 4.72 Å². The molecule has 0 saturated heterocycles. The molecule has 0 fully saturated rings. The largest absolute Gasteiger partial charge is 0.333 e. The number of para-hydroxylation sites is 1. The second kappa shape index (κ2) is 9.99. The van der Waals surface area contributed by atoms with Gasteiger partial charge in [-0.15, -0.1) is 0 Å². The normalized spacial score (nSPS) is 11.3. The van der Waals surface area contributed by atoms with Crippen LogP contribution in [0.2, 0.25) is 10.0 Å². The lowest BCUT2D eigenvalue weighted by atomic mass is 10.1. The molecule has 0 atom stereocenters. The number of amides is 2. The molecule has 0 unspecified atom stereocenters. The molecule has 0 aliphatic carbocycles. The van der Waals surface area contributed by atoms with Crippen LogP contribution in [0.3, 0.4) is 0 Å². The number of carbonyl (C=O) groups is 2. The molecular formula is C23H18Cl2N2O4S. The van der Waals surface area contributed by atoms with Crippen molar-refractivity contribution in [2.24, 2.45) is 0 Å². The second-order valence-electron chi connectivity index (χ2n) is 6.78. The van der Waals surface area contributed by atoms with Gasteiger partial charge in [-0.05, 0) is 61.0 Å². The zero-order valence-corrected chi connectivity index (χ0v) is 19.1. The van der Waals surface area contributed by atoms with Crippen LogP contribution in [0.5, 0.6) is 0 Å². The zero-order chi connectivity index (χ0) is 23.3. The average Bonchev–Trinajstić information content (AvgIpc) is 2.73. The van der Waals surface area contributed by atoms with Gasteiger partial charge < -0.3 is 5.32 Å². The van der Waals surface area contributed by atoms with E-state index >= 15 is 0 Å². The predicted molar refractivity (Wildman–Crippen MR) is 127 cm³/mol. The van der Waals surface area contributed by atoms with Gasteiger partial charge in [-0.25, -0.2) is 17.9 Å². The van der Waals surface area contributed by atoms with Gasteiger partial charge in [0.2, 0.25) is 0 Å². The highest BCUT2D eigenvalue weighted by atomic mass is 35.5. The number of urea groups is 1. The van der Waals surface area contributed by atoms with Crippen molar-refractivity contribution < 1.29 is 18.0 Å². The highest BCUT2D eigenvalue weighted by molar-refractivity contribution is 7.90. The number of anilines is 1. The van der Waals surface area contributed by atoms with Crippen LogP contribution >= 0.6 is 23.2 Å². The summed E-state index contributed by atoms with van der Waals surface area (Å²) in [6.07, 6.45) is 2.83. The summed E-state index contributed by atoms with van der Waals surface area (Å²) in [5, 5.41) is 3.27. The number of hydrogen-bond donors (Lipinski definition) is 2. The topological polar surface area (TPSA) is 92.3 Å². The zero-order valence-electron chi connectivity index (χ0n) is 16.8. The van der Waals surface area contributed by atoms with Crippen molar-refractivity contribution in [2.75, 3.05) is 5.32 Å². The number of rotatable bonds is 6. The van der Waals surface area contributed by atoms with Crippen molar-refractivity contribution in [2.45, 2.75) is 11.8 Å². The summed E-state index contributed by atoms with van der Waals surface area (Å²) in [5.74, 6) is -0.409. The Balaban J connectivity index is 1.76. The lowest BCUT2D eigenvalue weighted by molar-refractivity contribution is 0.104. The first-order chi connectivity index (χ1) is 15.2. The summed E-state index contributed by atoms with van der Waals surface area (Å²) >= 11 is 12.0. The number of sulfonamides is 1. The Morgan fingerprint density at radius 3 is 2.31 bits per heavy atom. The van der Waals surface area contributed by atoms with Crippen molar-refractivity contribution in [3.63, 3.8) is 0 Å². The van der Waals surface area contributed by atoms with E-state index in [4.69, 9.17) is 23.2 Å². The standard InChI is InChI=1S/C23H18Cl2N2O4S/c1-15-6-11-18(12-7-15)32(30,31)27-23(29)26-21-5-3-2-4-19(21)22(28)13-9-16-8-10-17(24)14-20(16)25/h2-14H,1H3,(H2,26,27,29)/b13-9+. The van der Waals surface area contributed by atoms with Gasteiger partial charge in [0.25, 0.3) is 10.0 Å². The van der Waals surface area contributed by atoms with Crippen LogP contribution in [0.1, 0.15) is 21.5 Å². The quantitative estimate of drug-likeness (QED) is 0.343. The van der Waals surface area contributed by atoms with Crippen molar-refractivity contribution in [1.29, 1.82) is 0 Å². The first-order valence-electron chi connectivity index (χ1n) is 9.33. The Labute approximate surface area is 195 Å². The van der Waals surface area contributed by atoms with Crippen LogP contribution in [0.15, 0.2) is 77.7 Å². The maximum atomic E-state index is 12.7. The van der Waals surface area contributed by atoms with Gasteiger partial charge in [0.05, 0.1) is 10.6 Å². The summed E-state index contributed by atoms with van der Waals surface area (Å²) in [6.45, 7) is 1.82. The molecule has 2 N–H and O–H groups in total. The number of ketones is 1. The molecule has 0 spiro atoms. The number of aryl methyl sites for hydroxylation is 1. The van der Waals surface area contributed by atoms with Gasteiger partial charge in [0.15, 0.2) is 5.78 Å². The second-order valence-corrected chi connectivity index (χ2v) is 9.31. The van der Waals surface area contributed by atoms with E-state index in [0.717, 1.165) is 5.56 Å². The van der Waals surface area contributed by atoms with Gasteiger partial charge in [0.1, 0.15) is 0 Å². The number of nitrogens with one attached hydrogen (secondary N) is 2. The van der Waals surface area contributed by atoms with Crippen molar-refractivity contribution in [3.8, 4) is 0 Å². The van der Waals surface area contributed by atoms with Crippen LogP contribution in [-0.2, 0) is 10.0 Å². The molecule has 0 aliphatic rings. The fraction of sp³-hybridized carbons (Fsp3) is 0.0435. The molecule has 3 rings (SSSR count). The molecule has 2 amide bonds. The molecule has 164 valence electrons. The van der Waals surface area contributed by atoms with Gasteiger partial charge in [-0.1, -0.05) is 59.1 Å². The Kier molecular flexibility index (Phi) is 7.35. The summed E-state index contributed by atoms with van der Waals surface area (Å²) in [6, 6.07) is 16.2. The fourth-order valence-corrected chi connectivity index (χ4v) is 4.12. The Morgan fingerprint density at radius 1 is 0.938 bits per heavy atom. The average molecular weight is 489 g/mol. The number of carbonyl (C=O) groups excluding carboxylic acids is 2. The van der Waals surface area contributed by atoms with Crippen LogP contribution < -0.4 is 10.0 Å². The van der Waals surface area contributed by atoms with E-state index in [9.17, 15) is 18.0 Å². The molecule has 32 heavy (non-hydrogen) atoms. The summed E-state index contributed by atoms with van der Waals surface area (Å²) in [5.41, 5.74) is 1.81. The number of allylic oxidation sites excluding steroid dienone is 1. The van der Waals surface area contributed by atoms with Crippen molar-refractivity contribution in [3.05, 3.63) is 99.5 Å². The minimum Gasteiger partial charge on any atom is -0.306 e. The summed E-state index contributed by atoms with van der Waals surface area (Å²) < 4.78 is 26.8. The molecule has 0 heterocycles. The first-order valence-corrected chi connectivity index (χ1v) is 11.6. The van der Waals surface area contributed by atoms with Gasteiger partial charge in [0, 0.05) is 15.6 Å². The number of halogens is 2. The molecule has 0 saturated carbocycles. The highest BCUT2D eigenvalue weighted by Gasteiger charge is 2.19. The highest BCUT2D eigenvalue weighted by Crippen LogP contribution is 2.23. The molecule has 0 bridgehead atoms. The van der Waals surface area contributed by atoms with Crippen molar-refractivity contribution >= 4 is 56.8 Å². The summed E-state index contributed by atoms with van der Waals surface area (Å²) in [4.78, 5) is 25.0. The minimum atomic E-state index is -4.07. The fourth-order valence-electron chi connectivity index (χ4n) is 2.75. The third kappa shape index (κ3) is 5.97. The van der Waals surface area contributed by atoms with Crippen LogP contribution in [-0.4, -0.2) is 20.2 Å². The van der Waals surface area contributed by atoms with Gasteiger partial charge in [-0.2, -0.15) is 0 Å². The minimum absolute atomic E-state index is 0.0506.